The topological polar surface area (TPSA) is 40.0 Å². The molecule has 0 atom stereocenters. The average molecular weight is 151 g/mol. The first-order valence-electron chi connectivity index (χ1n) is 3.36. The van der Waals surface area contributed by atoms with E-state index < -0.39 is 0 Å². The molecular formula is C7H5NO3. The Balaban J connectivity index is 2.23. The van der Waals surface area contributed by atoms with Gasteiger partial charge in [0.15, 0.2) is 17.9 Å². The fourth-order valence-corrected chi connectivity index (χ4v) is 1.37. The summed E-state index contributed by atoms with van der Waals surface area (Å²) < 4.78 is 15.5. The maximum atomic E-state index is 5.20. The van der Waals surface area contributed by atoms with E-state index in [0.717, 1.165) is 23.0 Å². The molecule has 2 aliphatic heterocycles. The maximum Gasteiger partial charge on any atom is 0.231 e. The van der Waals surface area contributed by atoms with E-state index in [1.807, 2.05) is 0 Å². The third-order valence-corrected chi connectivity index (χ3v) is 1.86. The smallest absolute Gasteiger partial charge is 0.231 e. The van der Waals surface area contributed by atoms with Gasteiger partial charge >= 0.3 is 0 Å². The number of nitrogens with zero attached hydrogens (tertiary/aromatic N) is 1. The van der Waals surface area contributed by atoms with Gasteiger partial charge in [0.2, 0.25) is 12.6 Å². The van der Waals surface area contributed by atoms with Crippen molar-refractivity contribution in [2.24, 2.45) is 4.99 Å². The Labute approximate surface area is 62.8 Å². The molecule has 2 bridgehead atoms. The van der Waals surface area contributed by atoms with Crippen LogP contribution in [0.2, 0.25) is 0 Å². The molecule has 3 rings (SSSR count). The molecule has 2 heterocycles. The lowest BCUT2D eigenvalue weighted by Gasteiger charge is -2.05. The molecule has 0 aromatic carbocycles. The van der Waals surface area contributed by atoms with Crippen LogP contribution in [-0.2, 0) is 14.2 Å². The minimum atomic E-state index is 0.288. The van der Waals surface area contributed by atoms with E-state index in [0.29, 0.717) is 6.42 Å². The molecule has 0 spiro atoms. The molecule has 0 aromatic heterocycles. The van der Waals surface area contributed by atoms with Crippen molar-refractivity contribution in [2.45, 2.75) is 6.42 Å². The molecule has 4 nitrogen and oxygen atoms in total. The molecule has 1 fully saturated rings. The van der Waals surface area contributed by atoms with Crippen molar-refractivity contribution in [3.8, 4) is 0 Å². The zero-order valence-electron chi connectivity index (χ0n) is 5.66. The fourth-order valence-electron chi connectivity index (χ4n) is 1.37. The lowest BCUT2D eigenvalue weighted by atomic mass is 10.3. The van der Waals surface area contributed by atoms with Gasteiger partial charge in [0.1, 0.15) is 0 Å². The first-order chi connectivity index (χ1) is 5.45. The van der Waals surface area contributed by atoms with Crippen LogP contribution in [0.15, 0.2) is 28.0 Å². The highest BCUT2D eigenvalue weighted by Gasteiger charge is 2.35. The van der Waals surface area contributed by atoms with Crippen LogP contribution in [0.5, 0.6) is 0 Å². The van der Waals surface area contributed by atoms with Crippen molar-refractivity contribution < 1.29 is 14.2 Å². The third kappa shape index (κ3) is 0.520. The predicted octanol–water partition coefficient (Wildman–Crippen LogP) is 0.876. The van der Waals surface area contributed by atoms with Gasteiger partial charge in [0.05, 0.1) is 12.1 Å². The lowest BCUT2D eigenvalue weighted by molar-refractivity contribution is 0.0909. The van der Waals surface area contributed by atoms with E-state index in [2.05, 4.69) is 4.99 Å². The van der Waals surface area contributed by atoms with Crippen molar-refractivity contribution >= 4 is 6.40 Å². The van der Waals surface area contributed by atoms with Crippen LogP contribution in [0.1, 0.15) is 6.42 Å². The summed E-state index contributed by atoms with van der Waals surface area (Å²) in [5, 5.41) is 0. The Morgan fingerprint density at radius 3 is 3.18 bits per heavy atom. The maximum absolute atomic E-state index is 5.20. The summed E-state index contributed by atoms with van der Waals surface area (Å²) in [5.74, 6) is 2.31. The van der Waals surface area contributed by atoms with E-state index in [4.69, 9.17) is 14.2 Å². The van der Waals surface area contributed by atoms with Crippen molar-refractivity contribution in [3.63, 3.8) is 0 Å². The minimum absolute atomic E-state index is 0.288. The standard InChI is InChI=1S/C7H5NO3/c1-4-6-7(11-3-10-6)5(1)9-2-8-4/h2H,1,3H2. The van der Waals surface area contributed by atoms with Gasteiger partial charge in [-0.3, -0.25) is 0 Å². The number of hydrogen-bond acceptors (Lipinski definition) is 4. The second kappa shape index (κ2) is 1.58. The average Bonchev–Trinajstić information content (AvgIpc) is 2.58. The molecule has 1 saturated heterocycles. The summed E-state index contributed by atoms with van der Waals surface area (Å²) in [6.07, 6.45) is 2.13. The molecule has 4 heteroatoms. The van der Waals surface area contributed by atoms with E-state index in [9.17, 15) is 0 Å². The van der Waals surface area contributed by atoms with Crippen LogP contribution in [-0.4, -0.2) is 13.2 Å². The normalized spacial score (nSPS) is 24.7. The van der Waals surface area contributed by atoms with E-state index >= 15 is 0 Å². The lowest BCUT2D eigenvalue weighted by Crippen LogP contribution is -1.97. The van der Waals surface area contributed by atoms with Crippen LogP contribution in [0.4, 0.5) is 0 Å². The summed E-state index contributed by atoms with van der Waals surface area (Å²) in [4.78, 5) is 4.02. The number of fused-ring (bicyclic) bond motifs is 3. The summed E-state index contributed by atoms with van der Waals surface area (Å²) >= 11 is 0. The van der Waals surface area contributed by atoms with E-state index in [1.54, 1.807) is 0 Å². The number of hydrogen-bond donors (Lipinski definition) is 0. The molecular weight excluding hydrogens is 146 g/mol. The van der Waals surface area contributed by atoms with Crippen molar-refractivity contribution in [1.29, 1.82) is 0 Å². The molecule has 0 amide bonds. The zero-order chi connectivity index (χ0) is 7.26. The van der Waals surface area contributed by atoms with Crippen molar-refractivity contribution in [1.82, 2.24) is 0 Å². The second-order valence-electron chi connectivity index (χ2n) is 2.46. The van der Waals surface area contributed by atoms with Gasteiger partial charge in [-0.25, -0.2) is 4.99 Å². The van der Waals surface area contributed by atoms with Gasteiger partial charge in [-0.1, -0.05) is 0 Å². The highest BCUT2D eigenvalue weighted by molar-refractivity contribution is 5.58. The van der Waals surface area contributed by atoms with Crippen LogP contribution < -0.4 is 0 Å². The molecule has 1 aliphatic carbocycles. The second-order valence-corrected chi connectivity index (χ2v) is 2.46. The Morgan fingerprint density at radius 1 is 1.27 bits per heavy atom. The van der Waals surface area contributed by atoms with Gasteiger partial charge in [0, 0.05) is 0 Å². The Hall–Kier alpha value is -1.45. The van der Waals surface area contributed by atoms with E-state index in [1.165, 1.54) is 6.40 Å². The highest BCUT2D eigenvalue weighted by Crippen LogP contribution is 2.39. The van der Waals surface area contributed by atoms with Crippen LogP contribution in [0.3, 0.4) is 0 Å². The van der Waals surface area contributed by atoms with Crippen LogP contribution in [0.25, 0.3) is 0 Å². The first kappa shape index (κ1) is 5.23. The molecule has 3 aliphatic rings. The Kier molecular flexibility index (Phi) is 0.753. The summed E-state index contributed by atoms with van der Waals surface area (Å²) in [7, 11) is 0. The Morgan fingerprint density at radius 2 is 2.18 bits per heavy atom. The van der Waals surface area contributed by atoms with Gasteiger partial charge in [-0.15, -0.1) is 0 Å². The molecule has 0 saturated carbocycles. The van der Waals surface area contributed by atoms with Gasteiger partial charge in [-0.2, -0.15) is 0 Å². The summed E-state index contributed by atoms with van der Waals surface area (Å²) in [5.41, 5.74) is 0.916. The molecule has 0 radical (unpaired) electrons. The molecule has 0 aromatic rings. The third-order valence-electron chi connectivity index (χ3n) is 1.86. The predicted molar refractivity (Wildman–Crippen MR) is 35.3 cm³/mol. The van der Waals surface area contributed by atoms with Gasteiger partial charge < -0.3 is 14.2 Å². The molecule has 0 N–H and O–H groups in total. The quantitative estimate of drug-likeness (QED) is 0.515. The minimum Gasteiger partial charge on any atom is -0.451 e. The van der Waals surface area contributed by atoms with Crippen LogP contribution in [0, 0.1) is 0 Å². The summed E-state index contributed by atoms with van der Waals surface area (Å²) in [6.45, 7) is 0.288. The van der Waals surface area contributed by atoms with Crippen LogP contribution >= 0.6 is 0 Å². The first-order valence-corrected chi connectivity index (χ1v) is 3.36. The fraction of sp³-hybridized carbons (Fsp3) is 0.286. The largest absolute Gasteiger partial charge is 0.451 e. The molecule has 0 unspecified atom stereocenters. The number of rotatable bonds is 0. The Bertz CT molecular complexity index is 314. The molecule has 56 valence electrons. The van der Waals surface area contributed by atoms with Gasteiger partial charge in [0.25, 0.3) is 0 Å². The van der Waals surface area contributed by atoms with Crippen molar-refractivity contribution in [3.05, 3.63) is 23.0 Å². The van der Waals surface area contributed by atoms with Gasteiger partial charge in [-0.05, 0) is 0 Å². The van der Waals surface area contributed by atoms with E-state index in [-0.39, 0.29) is 6.79 Å². The highest BCUT2D eigenvalue weighted by atomic mass is 16.7. The monoisotopic (exact) mass is 151 g/mol. The zero-order valence-corrected chi connectivity index (χ0v) is 5.66. The summed E-state index contributed by atoms with van der Waals surface area (Å²) in [6, 6.07) is 0. The SMILES string of the molecule is C1=NC2=C3OCOC3=C(C2)O1. The van der Waals surface area contributed by atoms with Crippen molar-refractivity contribution in [2.75, 3.05) is 6.79 Å². The number of ether oxygens (including phenoxy) is 3. The number of aliphatic imine (C=N–C) groups is 1. The molecule has 11 heavy (non-hydrogen) atoms.